The summed E-state index contributed by atoms with van der Waals surface area (Å²) in [6, 6.07) is 17.4. The van der Waals surface area contributed by atoms with E-state index < -0.39 is 11.0 Å². The van der Waals surface area contributed by atoms with Gasteiger partial charge in [0.1, 0.15) is 5.76 Å². The number of hydrogen-bond acceptors (Lipinski definition) is 6. The van der Waals surface area contributed by atoms with Gasteiger partial charge in [0.25, 0.3) is 5.69 Å². The number of para-hydroxylation sites is 2. The van der Waals surface area contributed by atoms with Crippen molar-refractivity contribution in [2.75, 3.05) is 5.32 Å². The van der Waals surface area contributed by atoms with Gasteiger partial charge in [0.05, 0.1) is 28.3 Å². The average Bonchev–Trinajstić information content (AvgIpc) is 3.45. The van der Waals surface area contributed by atoms with E-state index in [0.717, 1.165) is 22.5 Å². The van der Waals surface area contributed by atoms with Crippen LogP contribution in [0.1, 0.15) is 36.1 Å². The predicted octanol–water partition coefficient (Wildman–Crippen LogP) is 4.95. The molecule has 32 heavy (non-hydrogen) atoms. The maximum Gasteiger partial charge on any atom is 0.269 e. The van der Waals surface area contributed by atoms with Crippen molar-refractivity contribution in [1.29, 1.82) is 0 Å². The minimum atomic E-state index is -0.501. The number of imidazole rings is 1. The maximum absolute atomic E-state index is 13.5. The van der Waals surface area contributed by atoms with Crippen LogP contribution in [-0.2, 0) is 4.79 Å². The summed E-state index contributed by atoms with van der Waals surface area (Å²) in [5.41, 5.74) is 3.75. The van der Waals surface area contributed by atoms with Gasteiger partial charge >= 0.3 is 0 Å². The first-order chi connectivity index (χ1) is 15.6. The van der Waals surface area contributed by atoms with Gasteiger partial charge in [-0.15, -0.1) is 0 Å². The first-order valence-corrected chi connectivity index (χ1v) is 10.4. The second-order valence-corrected chi connectivity index (χ2v) is 8.11. The molecule has 2 aromatic carbocycles. The van der Waals surface area contributed by atoms with E-state index in [1.54, 1.807) is 18.4 Å². The topological polar surface area (TPSA) is 103 Å². The second-order valence-electron chi connectivity index (χ2n) is 8.11. The molecule has 0 saturated carbocycles. The van der Waals surface area contributed by atoms with Crippen molar-refractivity contribution in [2.24, 2.45) is 0 Å². The van der Waals surface area contributed by atoms with E-state index in [1.165, 1.54) is 6.07 Å². The van der Waals surface area contributed by atoms with Crippen molar-refractivity contribution in [3.8, 4) is 0 Å². The van der Waals surface area contributed by atoms with Crippen molar-refractivity contribution in [3.63, 3.8) is 0 Å². The highest BCUT2D eigenvalue weighted by Gasteiger charge is 2.40. The minimum absolute atomic E-state index is 0.0000808. The molecule has 1 aliphatic carbocycles. The van der Waals surface area contributed by atoms with E-state index in [-0.39, 0.29) is 17.4 Å². The molecule has 1 aliphatic heterocycles. The van der Waals surface area contributed by atoms with Crippen molar-refractivity contribution >= 4 is 28.5 Å². The van der Waals surface area contributed by atoms with Gasteiger partial charge in [-0.05, 0) is 36.2 Å². The molecule has 0 fully saturated rings. The van der Waals surface area contributed by atoms with Crippen LogP contribution in [0.3, 0.4) is 0 Å². The van der Waals surface area contributed by atoms with Crippen LogP contribution in [0, 0.1) is 10.1 Å². The van der Waals surface area contributed by atoms with Crippen LogP contribution in [0.15, 0.2) is 82.6 Å². The number of non-ortho nitro benzene ring substituents is 1. The molecule has 8 nitrogen and oxygen atoms in total. The molecular weight excluding hydrogens is 408 g/mol. The molecule has 0 unspecified atom stereocenters. The zero-order valence-corrected chi connectivity index (χ0v) is 16.9. The zero-order chi connectivity index (χ0) is 21.8. The van der Waals surface area contributed by atoms with Gasteiger partial charge in [0.2, 0.25) is 5.95 Å². The van der Waals surface area contributed by atoms with E-state index in [4.69, 9.17) is 9.40 Å². The summed E-state index contributed by atoms with van der Waals surface area (Å²) in [5, 5.41) is 14.8. The fourth-order valence-corrected chi connectivity index (χ4v) is 4.87. The van der Waals surface area contributed by atoms with Crippen LogP contribution in [0.5, 0.6) is 0 Å². The molecule has 0 radical (unpaired) electrons. The number of aromatic nitrogens is 2. The lowest BCUT2D eigenvalue weighted by molar-refractivity contribution is -0.384. The van der Waals surface area contributed by atoms with Crippen LogP contribution in [-0.4, -0.2) is 20.3 Å². The molecule has 2 atom stereocenters. The molecule has 8 heteroatoms. The summed E-state index contributed by atoms with van der Waals surface area (Å²) in [7, 11) is 0. The number of anilines is 1. The Kier molecular flexibility index (Phi) is 4.01. The van der Waals surface area contributed by atoms with Crippen LogP contribution < -0.4 is 5.32 Å². The van der Waals surface area contributed by atoms with Crippen molar-refractivity contribution in [3.05, 3.63) is 99.6 Å². The normalized spacial score (nSPS) is 20.1. The standard InChI is InChI=1S/C24H18N4O4/c29-20-13-15(21-9-4-10-32-21)12-18-22(20)23(14-5-3-6-16(11-14)28(30)31)27-19-8-2-1-7-17(19)25-24(27)26-18/h1-11,15,23H,12-13H2,(H,25,26)/t15-,23+/m1/s1. The van der Waals surface area contributed by atoms with Gasteiger partial charge in [-0.3, -0.25) is 19.5 Å². The highest BCUT2D eigenvalue weighted by molar-refractivity contribution is 6.01. The number of allylic oxidation sites excluding steroid dienone is 2. The molecule has 3 heterocycles. The number of nitrogens with zero attached hydrogens (tertiary/aromatic N) is 3. The Hall–Kier alpha value is -4.20. The molecule has 1 N–H and O–H groups in total. The lowest BCUT2D eigenvalue weighted by Gasteiger charge is -2.35. The molecule has 0 bridgehead atoms. The van der Waals surface area contributed by atoms with Gasteiger partial charge in [0, 0.05) is 35.7 Å². The number of benzene rings is 2. The van der Waals surface area contributed by atoms with E-state index >= 15 is 0 Å². The summed E-state index contributed by atoms with van der Waals surface area (Å²) in [6.45, 7) is 0. The number of hydrogen-bond donors (Lipinski definition) is 1. The Morgan fingerprint density at radius 3 is 2.78 bits per heavy atom. The average molecular weight is 426 g/mol. The second kappa shape index (κ2) is 6.91. The van der Waals surface area contributed by atoms with Gasteiger partial charge in [0.15, 0.2) is 5.78 Å². The third kappa shape index (κ3) is 2.76. The number of furan rings is 1. The highest BCUT2D eigenvalue weighted by Crippen LogP contribution is 2.46. The fraction of sp³-hybridized carbons (Fsp3) is 0.167. The Morgan fingerprint density at radius 2 is 1.97 bits per heavy atom. The highest BCUT2D eigenvalue weighted by atomic mass is 16.6. The van der Waals surface area contributed by atoms with E-state index in [0.29, 0.717) is 29.9 Å². The zero-order valence-electron chi connectivity index (χ0n) is 16.9. The van der Waals surface area contributed by atoms with E-state index in [2.05, 4.69) is 5.32 Å². The van der Waals surface area contributed by atoms with Crippen LogP contribution in [0.25, 0.3) is 11.0 Å². The summed E-state index contributed by atoms with van der Waals surface area (Å²) in [6.07, 6.45) is 2.54. The number of carbonyl (C=O) groups excluding carboxylic acids is 1. The molecule has 0 spiro atoms. The molecule has 2 aromatic heterocycles. The number of ketones is 1. The van der Waals surface area contributed by atoms with Gasteiger partial charge in [-0.2, -0.15) is 0 Å². The Balaban J connectivity index is 1.56. The lowest BCUT2D eigenvalue weighted by Crippen LogP contribution is -2.33. The third-order valence-corrected chi connectivity index (χ3v) is 6.24. The number of nitrogens with one attached hydrogen (secondary N) is 1. The molecule has 6 rings (SSSR count). The monoisotopic (exact) mass is 426 g/mol. The van der Waals surface area contributed by atoms with Crippen molar-refractivity contribution < 1.29 is 14.1 Å². The van der Waals surface area contributed by atoms with Crippen LogP contribution >= 0.6 is 0 Å². The van der Waals surface area contributed by atoms with E-state index in [9.17, 15) is 14.9 Å². The largest absolute Gasteiger partial charge is 0.469 e. The van der Waals surface area contributed by atoms with Gasteiger partial charge in [-0.25, -0.2) is 4.98 Å². The SMILES string of the molecule is O=C1C[C@H](c2ccco2)CC2=C1[C@H](c1cccc([N+](=O)[O-])c1)n1c(nc3ccccc31)N2. The fourth-order valence-electron chi connectivity index (χ4n) is 4.87. The van der Waals surface area contributed by atoms with Crippen molar-refractivity contribution in [2.45, 2.75) is 24.8 Å². The molecule has 4 aromatic rings. The Morgan fingerprint density at radius 1 is 1.09 bits per heavy atom. The van der Waals surface area contributed by atoms with Crippen LogP contribution in [0.2, 0.25) is 0 Å². The predicted molar refractivity (Wildman–Crippen MR) is 117 cm³/mol. The lowest BCUT2D eigenvalue weighted by atomic mass is 9.79. The number of carbonyl (C=O) groups is 1. The summed E-state index contributed by atoms with van der Waals surface area (Å²) < 4.78 is 7.54. The van der Waals surface area contributed by atoms with Gasteiger partial charge in [-0.1, -0.05) is 24.3 Å². The summed E-state index contributed by atoms with van der Waals surface area (Å²) >= 11 is 0. The molecule has 2 aliphatic rings. The molecule has 0 amide bonds. The molecule has 158 valence electrons. The number of fused-ring (bicyclic) bond motifs is 3. The van der Waals surface area contributed by atoms with E-state index in [1.807, 2.05) is 47.0 Å². The number of Topliss-reactive ketones (excluding diaryl/α,β-unsaturated/α-hetero) is 1. The maximum atomic E-state index is 13.5. The smallest absolute Gasteiger partial charge is 0.269 e. The van der Waals surface area contributed by atoms with Crippen LogP contribution in [0.4, 0.5) is 11.6 Å². The Labute approximate surface area is 182 Å². The number of nitro groups is 1. The minimum Gasteiger partial charge on any atom is -0.469 e. The number of nitro benzene ring substituents is 1. The third-order valence-electron chi connectivity index (χ3n) is 6.24. The summed E-state index contributed by atoms with van der Waals surface area (Å²) in [5.74, 6) is 1.33. The first-order valence-electron chi connectivity index (χ1n) is 10.4. The quantitative estimate of drug-likeness (QED) is 0.367. The molecule has 0 saturated heterocycles. The first kappa shape index (κ1) is 18.6. The van der Waals surface area contributed by atoms with Gasteiger partial charge < -0.3 is 9.73 Å². The number of rotatable bonds is 3. The van der Waals surface area contributed by atoms with Crippen molar-refractivity contribution in [1.82, 2.24) is 9.55 Å². The summed E-state index contributed by atoms with van der Waals surface area (Å²) in [4.78, 5) is 29.3. The Bertz CT molecular complexity index is 1420. The molecular formula is C24H18N4O4.